The van der Waals surface area contributed by atoms with Gasteiger partial charge in [0.15, 0.2) is 0 Å². The Morgan fingerprint density at radius 2 is 1.86 bits per heavy atom. The third-order valence-corrected chi connectivity index (χ3v) is 6.62. The average Bonchev–Trinajstić information content (AvgIpc) is 3.43. The van der Waals surface area contributed by atoms with Crippen molar-refractivity contribution in [3.63, 3.8) is 0 Å². The van der Waals surface area contributed by atoms with Crippen LogP contribution in [0.5, 0.6) is 5.75 Å². The molecule has 180 valence electrons. The summed E-state index contributed by atoms with van der Waals surface area (Å²) in [5.41, 5.74) is 3.13. The van der Waals surface area contributed by atoms with E-state index in [1.807, 2.05) is 25.1 Å². The van der Waals surface area contributed by atoms with Crippen LogP contribution in [0.4, 0.5) is 5.13 Å². The Bertz CT molecular complexity index is 1460. The summed E-state index contributed by atoms with van der Waals surface area (Å²) in [7, 11) is 0. The predicted molar refractivity (Wildman–Crippen MR) is 136 cm³/mol. The Balaban J connectivity index is 1.48. The second-order valence-corrected chi connectivity index (χ2v) is 9.52. The maximum absolute atomic E-state index is 13.2. The number of Topliss-reactive ketones (excluding diaryl/α,β-unsaturated/α-hetero) is 1. The lowest BCUT2D eigenvalue weighted by Crippen LogP contribution is -2.29. The van der Waals surface area contributed by atoms with Crippen molar-refractivity contribution >= 4 is 33.9 Å². The molecule has 0 saturated carbocycles. The van der Waals surface area contributed by atoms with Crippen LogP contribution >= 0.6 is 11.3 Å². The van der Waals surface area contributed by atoms with E-state index in [9.17, 15) is 14.7 Å². The number of pyridine rings is 1. The molecular weight excluding hydrogens is 476 g/mol. The highest BCUT2D eigenvalue weighted by Gasteiger charge is 2.48. The zero-order valence-electron chi connectivity index (χ0n) is 19.6. The lowest BCUT2D eigenvalue weighted by atomic mass is 9.96. The van der Waals surface area contributed by atoms with E-state index in [2.05, 4.69) is 21.2 Å². The highest BCUT2D eigenvalue weighted by molar-refractivity contribution is 7.15. The highest BCUT2D eigenvalue weighted by Crippen LogP contribution is 2.42. The number of amides is 1. The Labute approximate surface area is 211 Å². The number of hydrogen-bond donors (Lipinski definition) is 1. The molecule has 2 aromatic heterocycles. The third kappa shape index (κ3) is 4.48. The Morgan fingerprint density at radius 3 is 2.53 bits per heavy atom. The van der Waals surface area contributed by atoms with Crippen LogP contribution in [-0.2, 0) is 16.2 Å². The Hall–Kier alpha value is -4.37. The fraction of sp³-hybridized carbons (Fsp3) is 0.148. The number of benzene rings is 2. The van der Waals surface area contributed by atoms with Crippen LogP contribution in [0.1, 0.15) is 33.3 Å². The molecule has 0 bridgehead atoms. The standard InChI is InChI=1S/C27H22N4O4S/c1-16-5-3-6-18(13-16)15-35-21-10-8-19(9-11-21)24(32)22-23(20-7-4-12-28-14-20)31(26(34)25(22)33)27-30-29-17(2)36-27/h3-14,23,32H,15H2,1-2H3/b24-22-. The van der Waals surface area contributed by atoms with Gasteiger partial charge in [-0.15, -0.1) is 10.2 Å². The molecule has 1 aliphatic heterocycles. The van der Waals surface area contributed by atoms with Gasteiger partial charge in [-0.05, 0) is 55.3 Å². The number of ketones is 1. The number of aromatic nitrogens is 3. The van der Waals surface area contributed by atoms with Gasteiger partial charge in [0.2, 0.25) is 5.13 Å². The van der Waals surface area contributed by atoms with Crippen molar-refractivity contribution in [2.75, 3.05) is 4.90 Å². The van der Waals surface area contributed by atoms with Gasteiger partial charge in [0, 0.05) is 18.0 Å². The molecular formula is C27H22N4O4S. The number of rotatable bonds is 6. The molecule has 1 aliphatic rings. The first kappa shape index (κ1) is 23.4. The lowest BCUT2D eigenvalue weighted by molar-refractivity contribution is -0.132. The number of hydrogen-bond acceptors (Lipinski definition) is 8. The van der Waals surface area contributed by atoms with E-state index in [4.69, 9.17) is 4.74 Å². The number of aliphatic hydroxyl groups excluding tert-OH is 1. The lowest BCUT2D eigenvalue weighted by Gasteiger charge is -2.22. The maximum atomic E-state index is 13.2. The van der Waals surface area contributed by atoms with Crippen molar-refractivity contribution in [2.24, 2.45) is 0 Å². The van der Waals surface area contributed by atoms with Crippen molar-refractivity contribution in [1.82, 2.24) is 15.2 Å². The van der Waals surface area contributed by atoms with E-state index in [1.165, 1.54) is 16.2 Å². The number of anilines is 1. The van der Waals surface area contributed by atoms with Crippen LogP contribution in [0, 0.1) is 13.8 Å². The van der Waals surface area contributed by atoms with Gasteiger partial charge in [0.05, 0.1) is 11.6 Å². The molecule has 2 aromatic carbocycles. The molecule has 1 atom stereocenters. The third-order valence-electron chi connectivity index (χ3n) is 5.78. The molecule has 0 spiro atoms. The molecule has 1 amide bonds. The minimum absolute atomic E-state index is 0.0331. The van der Waals surface area contributed by atoms with Gasteiger partial charge in [0.25, 0.3) is 5.78 Å². The average molecular weight is 499 g/mol. The molecule has 1 saturated heterocycles. The Kier molecular flexibility index (Phi) is 6.30. The molecule has 5 rings (SSSR count). The monoisotopic (exact) mass is 498 g/mol. The van der Waals surface area contributed by atoms with Crippen LogP contribution in [0.25, 0.3) is 5.76 Å². The van der Waals surface area contributed by atoms with Gasteiger partial charge in [-0.2, -0.15) is 0 Å². The first-order valence-corrected chi connectivity index (χ1v) is 12.0. The van der Waals surface area contributed by atoms with Crippen molar-refractivity contribution in [1.29, 1.82) is 0 Å². The summed E-state index contributed by atoms with van der Waals surface area (Å²) in [6.45, 7) is 4.19. The van der Waals surface area contributed by atoms with E-state index < -0.39 is 17.7 Å². The van der Waals surface area contributed by atoms with E-state index in [0.717, 1.165) is 11.1 Å². The van der Waals surface area contributed by atoms with Gasteiger partial charge in [-0.3, -0.25) is 19.5 Å². The fourth-order valence-corrected chi connectivity index (χ4v) is 4.81. The minimum Gasteiger partial charge on any atom is -0.507 e. The highest BCUT2D eigenvalue weighted by atomic mass is 32.1. The van der Waals surface area contributed by atoms with Crippen LogP contribution in [0.3, 0.4) is 0 Å². The second kappa shape index (κ2) is 9.71. The SMILES string of the molecule is Cc1cccc(COc2ccc(/C(O)=C3/C(=O)C(=O)N(c4nnc(C)s4)C3c3cccnc3)cc2)c1. The molecule has 0 aliphatic carbocycles. The zero-order chi connectivity index (χ0) is 25.2. The van der Waals surface area contributed by atoms with E-state index >= 15 is 0 Å². The predicted octanol–water partition coefficient (Wildman–Crippen LogP) is 4.76. The summed E-state index contributed by atoms with van der Waals surface area (Å²) in [6.07, 6.45) is 3.16. The molecule has 36 heavy (non-hydrogen) atoms. The summed E-state index contributed by atoms with van der Waals surface area (Å²) in [5.74, 6) is -1.24. The maximum Gasteiger partial charge on any atom is 0.301 e. The molecule has 3 heterocycles. The van der Waals surface area contributed by atoms with E-state index in [1.54, 1.807) is 55.7 Å². The number of carbonyl (C=O) groups excluding carboxylic acids is 2. The van der Waals surface area contributed by atoms with Crippen LogP contribution in [0.15, 0.2) is 78.6 Å². The van der Waals surface area contributed by atoms with Gasteiger partial charge < -0.3 is 9.84 Å². The van der Waals surface area contributed by atoms with Crippen LogP contribution in [0.2, 0.25) is 0 Å². The molecule has 9 heteroatoms. The summed E-state index contributed by atoms with van der Waals surface area (Å²) in [6, 6.07) is 17.4. The summed E-state index contributed by atoms with van der Waals surface area (Å²) in [5, 5.41) is 20.2. The van der Waals surface area contributed by atoms with E-state index in [-0.39, 0.29) is 16.5 Å². The first-order chi connectivity index (χ1) is 17.4. The van der Waals surface area contributed by atoms with Crippen molar-refractivity contribution < 1.29 is 19.4 Å². The quantitative estimate of drug-likeness (QED) is 0.232. The smallest absolute Gasteiger partial charge is 0.301 e. The summed E-state index contributed by atoms with van der Waals surface area (Å²) in [4.78, 5) is 31.6. The molecule has 4 aromatic rings. The van der Waals surface area contributed by atoms with Gasteiger partial charge in [0.1, 0.15) is 23.1 Å². The van der Waals surface area contributed by atoms with Crippen molar-refractivity contribution in [3.05, 3.63) is 106 Å². The van der Waals surface area contributed by atoms with E-state index in [0.29, 0.717) is 28.5 Å². The minimum atomic E-state index is -0.886. The fourth-order valence-electron chi connectivity index (χ4n) is 4.10. The molecule has 1 unspecified atom stereocenters. The normalized spacial score (nSPS) is 16.9. The molecule has 8 nitrogen and oxygen atoms in total. The zero-order valence-corrected chi connectivity index (χ0v) is 20.4. The second-order valence-electron chi connectivity index (χ2n) is 8.36. The number of ether oxygens (including phenoxy) is 1. The number of aryl methyl sites for hydroxylation is 2. The largest absolute Gasteiger partial charge is 0.507 e. The summed E-state index contributed by atoms with van der Waals surface area (Å²) >= 11 is 1.19. The van der Waals surface area contributed by atoms with Gasteiger partial charge >= 0.3 is 5.91 Å². The van der Waals surface area contributed by atoms with Crippen molar-refractivity contribution in [3.8, 4) is 5.75 Å². The van der Waals surface area contributed by atoms with Gasteiger partial charge in [-0.1, -0.05) is 47.2 Å². The Morgan fingerprint density at radius 1 is 1.06 bits per heavy atom. The summed E-state index contributed by atoms with van der Waals surface area (Å²) < 4.78 is 5.86. The number of carbonyl (C=O) groups is 2. The number of aliphatic hydroxyl groups is 1. The number of nitrogens with zero attached hydrogens (tertiary/aromatic N) is 4. The topological polar surface area (TPSA) is 106 Å². The van der Waals surface area contributed by atoms with Crippen LogP contribution < -0.4 is 9.64 Å². The van der Waals surface area contributed by atoms with Gasteiger partial charge in [-0.25, -0.2) is 0 Å². The first-order valence-electron chi connectivity index (χ1n) is 11.2. The molecule has 1 N–H and O–H groups in total. The molecule has 1 fully saturated rings. The van der Waals surface area contributed by atoms with Crippen LogP contribution in [-0.4, -0.2) is 32.0 Å². The molecule has 0 radical (unpaired) electrons. The van der Waals surface area contributed by atoms with Crippen molar-refractivity contribution in [2.45, 2.75) is 26.5 Å².